The van der Waals surface area contributed by atoms with Gasteiger partial charge >= 0.3 is 0 Å². The van der Waals surface area contributed by atoms with Crippen LogP contribution in [0.5, 0.6) is 0 Å². The molecule has 1 radical (unpaired) electrons. The number of hydrogen-bond acceptors (Lipinski definition) is 1. The quantitative estimate of drug-likeness (QED) is 0.554. The average Bonchev–Trinajstić information content (AvgIpc) is 2.33. The highest BCUT2D eigenvalue weighted by atomic mass is 15.1. The van der Waals surface area contributed by atoms with Gasteiger partial charge in [-0.25, -0.2) is 0 Å². The zero-order chi connectivity index (χ0) is 6.10. The van der Waals surface area contributed by atoms with Crippen LogP contribution in [0.25, 0.3) is 10.9 Å². The van der Waals surface area contributed by atoms with Gasteiger partial charge in [0, 0.05) is 5.39 Å². The minimum atomic E-state index is 1.04. The number of fused-ring (bicyclic) bond motifs is 1. The first-order chi connectivity index (χ1) is 4.47. The van der Waals surface area contributed by atoms with Crippen LogP contribution in [0.1, 0.15) is 0 Å². The molecule has 0 unspecified atom stereocenters. The highest BCUT2D eigenvalue weighted by molar-refractivity contribution is 5.76. The van der Waals surface area contributed by atoms with E-state index in [1.165, 1.54) is 0 Å². The molecule has 9 heavy (non-hydrogen) atoms. The second-order valence-corrected chi connectivity index (χ2v) is 1.87. The maximum absolute atomic E-state index is 3.85. The third-order valence-corrected chi connectivity index (χ3v) is 1.27. The number of rotatable bonds is 0. The standard InChI is InChI=1S/C7H5N2/c1-2-4-7-6(3-1)5-8-9-7/h1-2,4-5H,(H,8,9). The number of H-pyrrole nitrogens is 1. The minimum Gasteiger partial charge on any atom is -0.278 e. The van der Waals surface area contributed by atoms with Crippen LogP contribution >= 0.6 is 0 Å². The molecule has 1 heterocycles. The largest absolute Gasteiger partial charge is 0.278 e. The third-order valence-electron chi connectivity index (χ3n) is 1.27. The van der Waals surface area contributed by atoms with Crippen molar-refractivity contribution in [2.75, 3.05) is 0 Å². The summed E-state index contributed by atoms with van der Waals surface area (Å²) in [6, 6.07) is 8.81. The smallest absolute Gasteiger partial charge is 0.0656 e. The number of aromatic amines is 1. The fourth-order valence-electron chi connectivity index (χ4n) is 0.820. The van der Waals surface area contributed by atoms with Crippen LogP contribution in [0.15, 0.2) is 24.4 Å². The molecule has 0 spiro atoms. The lowest BCUT2D eigenvalue weighted by molar-refractivity contribution is 1.12. The molecule has 1 aromatic heterocycles. The second kappa shape index (κ2) is 1.58. The Bertz CT molecular complexity index is 281. The Hall–Kier alpha value is -1.31. The molecule has 1 aromatic carbocycles. The number of nitrogens with one attached hydrogen (secondary N) is 1. The van der Waals surface area contributed by atoms with Crippen molar-refractivity contribution in [3.05, 3.63) is 30.5 Å². The normalized spacial score (nSPS) is 10.2. The van der Waals surface area contributed by atoms with Gasteiger partial charge in [0.15, 0.2) is 0 Å². The van der Waals surface area contributed by atoms with Gasteiger partial charge in [-0.05, 0) is 12.1 Å². The van der Waals surface area contributed by atoms with E-state index in [0.29, 0.717) is 0 Å². The summed E-state index contributed by atoms with van der Waals surface area (Å²) in [6.45, 7) is 0. The fourth-order valence-corrected chi connectivity index (χ4v) is 0.820. The first-order valence-corrected chi connectivity index (χ1v) is 2.76. The Kier molecular flexibility index (Phi) is 0.803. The molecule has 2 nitrogen and oxygen atoms in total. The molecule has 1 N–H and O–H groups in total. The number of benzene rings is 1. The van der Waals surface area contributed by atoms with Crippen molar-refractivity contribution >= 4 is 10.9 Å². The zero-order valence-electron chi connectivity index (χ0n) is 4.76. The molecular weight excluding hydrogens is 112 g/mol. The molecule has 2 rings (SSSR count). The molecule has 2 aromatic rings. The molecule has 43 valence electrons. The summed E-state index contributed by atoms with van der Waals surface area (Å²) in [5.41, 5.74) is 1.04. The number of aromatic nitrogens is 2. The van der Waals surface area contributed by atoms with Crippen molar-refractivity contribution < 1.29 is 0 Å². The van der Waals surface area contributed by atoms with Crippen LogP contribution in [-0.2, 0) is 0 Å². The van der Waals surface area contributed by atoms with Gasteiger partial charge in [0.1, 0.15) is 0 Å². The van der Waals surface area contributed by atoms with Gasteiger partial charge in [0.25, 0.3) is 0 Å². The van der Waals surface area contributed by atoms with Crippen LogP contribution in [-0.4, -0.2) is 10.2 Å². The summed E-state index contributed by atoms with van der Waals surface area (Å²) < 4.78 is 0. The topological polar surface area (TPSA) is 28.7 Å². The van der Waals surface area contributed by atoms with Gasteiger partial charge in [-0.15, -0.1) is 0 Å². The van der Waals surface area contributed by atoms with E-state index in [1.807, 2.05) is 18.2 Å². The maximum atomic E-state index is 3.85. The Morgan fingerprint density at radius 3 is 3.44 bits per heavy atom. The Labute approximate surface area is 52.5 Å². The van der Waals surface area contributed by atoms with E-state index in [9.17, 15) is 0 Å². The average molecular weight is 117 g/mol. The Balaban J connectivity index is 2.95. The molecule has 0 fully saturated rings. The summed E-state index contributed by atoms with van der Waals surface area (Å²) in [5.74, 6) is 0. The number of hydrogen-bond donors (Lipinski definition) is 1. The van der Waals surface area contributed by atoms with Crippen molar-refractivity contribution in [3.8, 4) is 0 Å². The van der Waals surface area contributed by atoms with Gasteiger partial charge in [-0.2, -0.15) is 5.10 Å². The zero-order valence-corrected chi connectivity index (χ0v) is 4.76. The molecule has 0 aliphatic heterocycles. The van der Waals surface area contributed by atoms with Gasteiger partial charge < -0.3 is 0 Å². The highest BCUT2D eigenvalue weighted by Crippen LogP contribution is 2.06. The summed E-state index contributed by atoms with van der Waals surface area (Å²) >= 11 is 0. The van der Waals surface area contributed by atoms with Crippen LogP contribution in [0.3, 0.4) is 0 Å². The lowest BCUT2D eigenvalue weighted by Gasteiger charge is -1.80. The van der Waals surface area contributed by atoms with E-state index >= 15 is 0 Å². The lowest BCUT2D eigenvalue weighted by atomic mass is 10.3. The van der Waals surface area contributed by atoms with Gasteiger partial charge in [0.2, 0.25) is 0 Å². The van der Waals surface area contributed by atoms with Crippen LogP contribution in [0.2, 0.25) is 0 Å². The van der Waals surface area contributed by atoms with E-state index in [1.54, 1.807) is 6.20 Å². The van der Waals surface area contributed by atoms with Crippen molar-refractivity contribution in [1.82, 2.24) is 10.2 Å². The second-order valence-electron chi connectivity index (χ2n) is 1.87. The summed E-state index contributed by atoms with van der Waals surface area (Å²) in [7, 11) is 0. The number of nitrogens with zero attached hydrogens (tertiary/aromatic N) is 1. The molecule has 0 amide bonds. The third kappa shape index (κ3) is 0.598. The molecule has 0 bridgehead atoms. The van der Waals surface area contributed by atoms with Crippen molar-refractivity contribution in [2.45, 2.75) is 0 Å². The predicted octanol–water partition coefficient (Wildman–Crippen LogP) is 1.36. The van der Waals surface area contributed by atoms with Gasteiger partial charge in [-0.3, -0.25) is 5.10 Å². The summed E-state index contributed by atoms with van der Waals surface area (Å²) in [4.78, 5) is 0. The highest BCUT2D eigenvalue weighted by Gasteiger charge is 1.88. The minimum absolute atomic E-state index is 1.04. The van der Waals surface area contributed by atoms with E-state index in [-0.39, 0.29) is 0 Å². The van der Waals surface area contributed by atoms with Crippen LogP contribution in [0, 0.1) is 6.07 Å². The Morgan fingerprint density at radius 2 is 2.56 bits per heavy atom. The molecule has 0 atom stereocenters. The molecule has 2 heteroatoms. The van der Waals surface area contributed by atoms with E-state index in [4.69, 9.17) is 0 Å². The van der Waals surface area contributed by atoms with Gasteiger partial charge in [0.05, 0.1) is 11.7 Å². The first kappa shape index (κ1) is 4.56. The maximum Gasteiger partial charge on any atom is 0.0656 e. The van der Waals surface area contributed by atoms with Crippen molar-refractivity contribution in [1.29, 1.82) is 0 Å². The molecular formula is C7H5N2. The van der Waals surface area contributed by atoms with Gasteiger partial charge in [-0.1, -0.05) is 12.1 Å². The molecule has 0 aliphatic rings. The van der Waals surface area contributed by atoms with E-state index in [2.05, 4.69) is 16.3 Å². The van der Waals surface area contributed by atoms with Crippen LogP contribution < -0.4 is 0 Å². The summed E-state index contributed by atoms with van der Waals surface area (Å²) in [5, 5.41) is 7.72. The summed E-state index contributed by atoms with van der Waals surface area (Å²) in [6.07, 6.45) is 1.76. The fraction of sp³-hybridized carbons (Fsp3) is 0. The molecule has 0 saturated heterocycles. The predicted molar refractivity (Wildman–Crippen MR) is 34.9 cm³/mol. The molecule has 0 aliphatic carbocycles. The van der Waals surface area contributed by atoms with Crippen LogP contribution in [0.4, 0.5) is 0 Å². The van der Waals surface area contributed by atoms with Crippen molar-refractivity contribution in [2.24, 2.45) is 0 Å². The van der Waals surface area contributed by atoms with Crippen molar-refractivity contribution in [3.63, 3.8) is 0 Å². The van der Waals surface area contributed by atoms with E-state index < -0.39 is 0 Å². The van der Waals surface area contributed by atoms with E-state index in [0.717, 1.165) is 10.9 Å². The Morgan fingerprint density at radius 1 is 1.56 bits per heavy atom. The first-order valence-electron chi connectivity index (χ1n) is 2.76. The lowest BCUT2D eigenvalue weighted by Crippen LogP contribution is -1.64. The SMILES string of the molecule is [c]1cccc2[nH]ncc12. The monoisotopic (exact) mass is 117 g/mol. The molecule has 0 saturated carbocycles.